The number of alkyl halides is 2. The van der Waals surface area contributed by atoms with Crippen molar-refractivity contribution in [3.05, 3.63) is 87.7 Å². The largest absolute Gasteiger partial charge is 0.486 e. The van der Waals surface area contributed by atoms with Crippen LogP contribution in [0.3, 0.4) is 0 Å². The van der Waals surface area contributed by atoms with Gasteiger partial charge in [-0.15, -0.1) is 0 Å². The first kappa shape index (κ1) is 29.7. The maximum Gasteiger partial charge on any atom is 0.387 e. The maximum absolute atomic E-state index is 14.5. The van der Waals surface area contributed by atoms with Crippen molar-refractivity contribution in [1.82, 2.24) is 14.5 Å². The van der Waals surface area contributed by atoms with Crippen LogP contribution in [0.1, 0.15) is 46.1 Å². The van der Waals surface area contributed by atoms with Crippen molar-refractivity contribution in [2.45, 2.75) is 38.5 Å². The maximum atomic E-state index is 14.5. The minimum atomic E-state index is -3.08. The minimum absolute atomic E-state index is 0.0529. The number of aromatic nitrogens is 2. The second kappa shape index (κ2) is 12.6. The predicted molar refractivity (Wildman–Crippen MR) is 148 cm³/mol. The number of esters is 1. The van der Waals surface area contributed by atoms with E-state index in [9.17, 15) is 22.4 Å². The quantitative estimate of drug-likeness (QED) is 0.154. The number of aryl methyl sites for hydroxylation is 1. The Labute approximate surface area is 244 Å². The van der Waals surface area contributed by atoms with Gasteiger partial charge in [0.15, 0.2) is 17.3 Å². The molecule has 2 heterocycles. The monoisotopic (exact) mass is 605 g/mol. The highest BCUT2D eigenvalue weighted by atomic mass is 35.5. The number of imidazole rings is 1. The highest BCUT2D eigenvalue weighted by molar-refractivity contribution is 6.30. The van der Waals surface area contributed by atoms with Crippen LogP contribution < -0.4 is 9.47 Å². The zero-order valence-electron chi connectivity index (χ0n) is 22.9. The van der Waals surface area contributed by atoms with Gasteiger partial charge in [0, 0.05) is 17.6 Å². The number of carbonyl (C=O) groups is 1. The fourth-order valence-electron chi connectivity index (χ4n) is 5.17. The first-order valence-corrected chi connectivity index (χ1v) is 13.6. The van der Waals surface area contributed by atoms with Gasteiger partial charge >= 0.3 is 12.6 Å². The van der Waals surface area contributed by atoms with Crippen LogP contribution >= 0.6 is 11.6 Å². The topological polar surface area (TPSA) is 65.8 Å². The van der Waals surface area contributed by atoms with Crippen molar-refractivity contribution >= 4 is 28.6 Å². The molecule has 0 N–H and O–H groups in total. The van der Waals surface area contributed by atoms with Crippen molar-refractivity contribution in [2.24, 2.45) is 7.05 Å². The number of rotatable bonds is 9. The molecule has 1 saturated heterocycles. The molecule has 5 rings (SSSR count). The lowest BCUT2D eigenvalue weighted by Crippen LogP contribution is -2.33. The zero-order valence-corrected chi connectivity index (χ0v) is 23.6. The summed E-state index contributed by atoms with van der Waals surface area (Å²) in [6, 6.07) is 11.7. The molecule has 0 saturated carbocycles. The molecule has 1 aliphatic heterocycles. The lowest BCUT2D eigenvalue weighted by Gasteiger charge is -2.32. The molecule has 1 fully saturated rings. The number of nitrogens with zero attached hydrogens (tertiary/aromatic N) is 3. The molecule has 12 heteroatoms. The van der Waals surface area contributed by atoms with Gasteiger partial charge in [0.1, 0.15) is 23.8 Å². The van der Waals surface area contributed by atoms with Gasteiger partial charge < -0.3 is 18.8 Å². The van der Waals surface area contributed by atoms with E-state index >= 15 is 0 Å². The molecular formula is C30H28ClF4N3O4. The van der Waals surface area contributed by atoms with E-state index in [0.29, 0.717) is 31.0 Å². The Morgan fingerprint density at radius 3 is 2.50 bits per heavy atom. The van der Waals surface area contributed by atoms with Gasteiger partial charge in [0.2, 0.25) is 0 Å². The molecule has 4 aromatic rings. The van der Waals surface area contributed by atoms with Gasteiger partial charge in [0.05, 0.1) is 24.7 Å². The Bertz CT molecular complexity index is 1610. The van der Waals surface area contributed by atoms with E-state index in [4.69, 9.17) is 21.1 Å². The van der Waals surface area contributed by atoms with Crippen LogP contribution in [0.4, 0.5) is 17.6 Å². The standard InChI is InChI=1S/C30H28ClF4N3O4/c1-37-24-11-20(29(39)40-2)13-26(42-30(34)35)28(24)36-27(37)15-38-9-7-17(8-10-38)18-4-6-22(32)25(12-18)41-16-19-3-5-21(31)14-23(19)33/h3-6,11-14,17,30H,7-10,15-16H2,1-2H3. The van der Waals surface area contributed by atoms with Gasteiger partial charge in [0.25, 0.3) is 0 Å². The number of likely N-dealkylation sites (tertiary alicyclic amines) is 1. The summed E-state index contributed by atoms with van der Waals surface area (Å²) >= 11 is 5.80. The predicted octanol–water partition coefficient (Wildman–Crippen LogP) is 6.85. The van der Waals surface area contributed by atoms with Crippen LogP contribution in [-0.2, 0) is 24.9 Å². The highest BCUT2D eigenvalue weighted by Crippen LogP contribution is 2.34. The van der Waals surface area contributed by atoms with E-state index in [1.807, 2.05) is 0 Å². The van der Waals surface area contributed by atoms with Crippen LogP contribution in [-0.4, -0.2) is 47.2 Å². The summed E-state index contributed by atoms with van der Waals surface area (Å²) in [6.45, 7) is -1.34. The molecule has 0 spiro atoms. The lowest BCUT2D eigenvalue weighted by molar-refractivity contribution is -0.0489. The number of methoxy groups -OCH3 is 1. The zero-order chi connectivity index (χ0) is 30.0. The second-order valence-electron chi connectivity index (χ2n) is 10.1. The number of hydrogen-bond acceptors (Lipinski definition) is 6. The SMILES string of the molecule is COC(=O)c1cc(OC(F)F)c2nc(CN3CCC(c4ccc(F)c(OCc5ccc(Cl)cc5F)c4)CC3)n(C)c2c1. The molecule has 222 valence electrons. The van der Waals surface area contributed by atoms with Crippen molar-refractivity contribution in [3.63, 3.8) is 0 Å². The fraction of sp³-hybridized carbons (Fsp3) is 0.333. The van der Waals surface area contributed by atoms with Gasteiger partial charge in [-0.05, 0) is 73.8 Å². The number of piperidine rings is 1. The van der Waals surface area contributed by atoms with Crippen LogP contribution in [0.15, 0.2) is 48.5 Å². The molecule has 1 aromatic heterocycles. The summed E-state index contributed by atoms with van der Waals surface area (Å²) in [7, 11) is 2.96. The third kappa shape index (κ3) is 6.47. The summed E-state index contributed by atoms with van der Waals surface area (Å²) in [4.78, 5) is 18.8. The van der Waals surface area contributed by atoms with E-state index in [-0.39, 0.29) is 45.7 Å². The molecule has 0 atom stereocenters. The van der Waals surface area contributed by atoms with Crippen molar-refractivity contribution in [1.29, 1.82) is 0 Å². The number of benzene rings is 3. The van der Waals surface area contributed by atoms with Gasteiger partial charge in [-0.1, -0.05) is 23.7 Å². The van der Waals surface area contributed by atoms with E-state index in [2.05, 4.69) is 14.6 Å². The average molecular weight is 606 g/mol. The Balaban J connectivity index is 1.26. The van der Waals surface area contributed by atoms with Gasteiger partial charge in [-0.2, -0.15) is 8.78 Å². The Morgan fingerprint density at radius 2 is 1.81 bits per heavy atom. The fourth-order valence-corrected chi connectivity index (χ4v) is 5.33. The number of halogens is 5. The number of fused-ring (bicyclic) bond motifs is 1. The molecular weight excluding hydrogens is 578 g/mol. The average Bonchev–Trinajstić information content (AvgIpc) is 3.28. The molecule has 0 aliphatic carbocycles. The molecule has 7 nitrogen and oxygen atoms in total. The van der Waals surface area contributed by atoms with Gasteiger partial charge in [-0.3, -0.25) is 4.90 Å². The summed E-state index contributed by atoms with van der Waals surface area (Å²) in [5, 5.41) is 0.269. The Hall–Kier alpha value is -3.83. The normalized spacial score (nSPS) is 14.5. The van der Waals surface area contributed by atoms with Crippen LogP contribution in [0.2, 0.25) is 5.02 Å². The highest BCUT2D eigenvalue weighted by Gasteiger charge is 2.25. The van der Waals surface area contributed by atoms with Crippen LogP contribution in [0, 0.1) is 11.6 Å². The smallest absolute Gasteiger partial charge is 0.387 e. The Morgan fingerprint density at radius 1 is 1.05 bits per heavy atom. The summed E-state index contributed by atoms with van der Waals surface area (Å²) in [5.41, 5.74) is 1.98. The molecule has 3 aromatic carbocycles. The molecule has 0 radical (unpaired) electrons. The van der Waals surface area contributed by atoms with Crippen molar-refractivity contribution < 1.29 is 36.6 Å². The lowest BCUT2D eigenvalue weighted by atomic mass is 9.89. The Kier molecular flexibility index (Phi) is 8.88. The van der Waals surface area contributed by atoms with E-state index in [1.165, 1.54) is 37.4 Å². The van der Waals surface area contributed by atoms with E-state index in [0.717, 1.165) is 18.4 Å². The van der Waals surface area contributed by atoms with E-state index < -0.39 is 24.2 Å². The molecule has 42 heavy (non-hydrogen) atoms. The first-order valence-electron chi connectivity index (χ1n) is 13.2. The number of ether oxygens (including phenoxy) is 3. The van der Waals surface area contributed by atoms with Crippen LogP contribution in [0.25, 0.3) is 11.0 Å². The number of carbonyl (C=O) groups excluding carboxylic acids is 1. The van der Waals surface area contributed by atoms with Gasteiger partial charge in [-0.25, -0.2) is 18.6 Å². The number of hydrogen-bond donors (Lipinski definition) is 0. The second-order valence-corrected chi connectivity index (χ2v) is 10.5. The third-order valence-electron chi connectivity index (χ3n) is 7.46. The van der Waals surface area contributed by atoms with E-state index in [1.54, 1.807) is 29.8 Å². The van der Waals surface area contributed by atoms with Crippen molar-refractivity contribution in [3.8, 4) is 11.5 Å². The molecule has 0 bridgehead atoms. The third-order valence-corrected chi connectivity index (χ3v) is 7.69. The molecule has 0 amide bonds. The minimum Gasteiger partial charge on any atom is -0.486 e. The molecule has 1 aliphatic rings. The van der Waals surface area contributed by atoms with Crippen LogP contribution in [0.5, 0.6) is 11.5 Å². The first-order chi connectivity index (χ1) is 20.1. The summed E-state index contributed by atoms with van der Waals surface area (Å²) in [6.07, 6.45) is 1.57. The summed E-state index contributed by atoms with van der Waals surface area (Å²) in [5.74, 6) is -1.09. The van der Waals surface area contributed by atoms with Crippen molar-refractivity contribution in [2.75, 3.05) is 20.2 Å². The summed E-state index contributed by atoms with van der Waals surface area (Å²) < 4.78 is 71.6. The molecule has 0 unspecified atom stereocenters.